The highest BCUT2D eigenvalue weighted by molar-refractivity contribution is 7.13. The van der Waals surface area contributed by atoms with E-state index in [2.05, 4.69) is 15.6 Å². The molecule has 2 rings (SSSR count). The number of nitrogens with one attached hydrogen (secondary N) is 2. The van der Waals surface area contributed by atoms with Gasteiger partial charge in [-0.05, 0) is 18.2 Å². The molecule has 0 saturated carbocycles. The van der Waals surface area contributed by atoms with Gasteiger partial charge in [-0.1, -0.05) is 50.0 Å². The molecule has 0 spiro atoms. The van der Waals surface area contributed by atoms with Gasteiger partial charge < -0.3 is 5.32 Å². The van der Waals surface area contributed by atoms with E-state index in [0.717, 1.165) is 0 Å². The summed E-state index contributed by atoms with van der Waals surface area (Å²) in [5.74, 6) is -0.820. The number of rotatable bonds is 4. The average Bonchev–Trinajstić information content (AvgIpc) is 3.01. The van der Waals surface area contributed by atoms with E-state index >= 15 is 0 Å². The van der Waals surface area contributed by atoms with Crippen LogP contribution in [0.2, 0.25) is 10.0 Å². The van der Waals surface area contributed by atoms with Crippen LogP contribution in [0.3, 0.4) is 0 Å². The summed E-state index contributed by atoms with van der Waals surface area (Å²) in [6, 6.07) is 5.01. The number of halogens is 2. The summed E-state index contributed by atoms with van der Waals surface area (Å²) in [5, 5.41) is 8.18. The maximum Gasteiger partial charge on any atom is 0.273 e. The van der Waals surface area contributed by atoms with Crippen LogP contribution in [0, 0.1) is 5.41 Å². The first-order valence-electron chi connectivity index (χ1n) is 7.36. The van der Waals surface area contributed by atoms with Gasteiger partial charge in [0.05, 0.1) is 0 Å². The van der Waals surface area contributed by atoms with Crippen molar-refractivity contribution >= 4 is 57.6 Å². The first kappa shape index (κ1) is 19.4. The Balaban J connectivity index is 2.39. The van der Waals surface area contributed by atoms with Crippen LogP contribution in [0.4, 0.5) is 5.13 Å². The topological polar surface area (TPSA) is 71.1 Å². The molecule has 0 fully saturated rings. The van der Waals surface area contributed by atoms with E-state index in [1.807, 2.05) is 0 Å². The summed E-state index contributed by atoms with van der Waals surface area (Å²) in [5.41, 5.74) is -0.195. The van der Waals surface area contributed by atoms with Crippen LogP contribution in [-0.4, -0.2) is 16.8 Å². The summed E-state index contributed by atoms with van der Waals surface area (Å²) < 4.78 is 0. The lowest BCUT2D eigenvalue weighted by molar-refractivity contribution is -0.128. The molecule has 5 nitrogen and oxygen atoms in total. The number of aromatic nitrogens is 1. The molecule has 0 aliphatic rings. The number of anilines is 1. The second-order valence-electron chi connectivity index (χ2n) is 6.19. The van der Waals surface area contributed by atoms with E-state index in [1.165, 1.54) is 17.4 Å². The third kappa shape index (κ3) is 5.29. The minimum atomic E-state index is -0.676. The number of carbonyl (C=O) groups is 2. The first-order valence-corrected chi connectivity index (χ1v) is 9.00. The minimum Gasteiger partial charge on any atom is -0.321 e. The number of hydrogen-bond acceptors (Lipinski definition) is 4. The molecule has 2 aromatic rings. The third-order valence-corrected chi connectivity index (χ3v) is 4.46. The highest BCUT2D eigenvalue weighted by Gasteiger charge is 2.24. The lowest BCUT2D eigenvalue weighted by atomic mass is 9.95. The van der Waals surface area contributed by atoms with Gasteiger partial charge >= 0.3 is 0 Å². The van der Waals surface area contributed by atoms with Crippen molar-refractivity contribution in [2.45, 2.75) is 20.8 Å². The predicted molar refractivity (Wildman–Crippen MR) is 103 cm³/mol. The molecule has 0 atom stereocenters. The number of nitrogens with zero attached hydrogens (tertiary/aromatic N) is 1. The molecule has 25 heavy (non-hydrogen) atoms. The zero-order valence-corrected chi connectivity index (χ0v) is 16.2. The van der Waals surface area contributed by atoms with Crippen LogP contribution in [0.25, 0.3) is 6.08 Å². The van der Waals surface area contributed by atoms with Crippen LogP contribution in [0.15, 0.2) is 35.5 Å². The molecule has 0 radical (unpaired) electrons. The molecule has 1 heterocycles. The van der Waals surface area contributed by atoms with Gasteiger partial charge in [-0.2, -0.15) is 0 Å². The van der Waals surface area contributed by atoms with Crippen molar-refractivity contribution in [3.8, 4) is 0 Å². The fraction of sp³-hybridized carbons (Fsp3) is 0.235. The number of hydrogen-bond donors (Lipinski definition) is 2. The Morgan fingerprint density at radius 3 is 2.36 bits per heavy atom. The van der Waals surface area contributed by atoms with E-state index in [9.17, 15) is 9.59 Å². The van der Waals surface area contributed by atoms with Crippen molar-refractivity contribution in [1.29, 1.82) is 0 Å². The van der Waals surface area contributed by atoms with Crippen LogP contribution in [0.5, 0.6) is 0 Å². The molecule has 0 unspecified atom stereocenters. The summed E-state index contributed by atoms with van der Waals surface area (Å²) in [7, 11) is 0. The normalized spacial score (nSPS) is 12.0. The van der Waals surface area contributed by atoms with Crippen molar-refractivity contribution in [2.24, 2.45) is 5.41 Å². The number of thiazole rings is 1. The fourth-order valence-corrected chi connectivity index (χ4v) is 2.74. The molecule has 0 saturated heterocycles. The van der Waals surface area contributed by atoms with Gasteiger partial charge in [0.25, 0.3) is 5.91 Å². The smallest absolute Gasteiger partial charge is 0.273 e. The van der Waals surface area contributed by atoms with Crippen LogP contribution < -0.4 is 10.6 Å². The lowest BCUT2D eigenvalue weighted by Crippen LogP contribution is -2.38. The van der Waals surface area contributed by atoms with E-state index < -0.39 is 11.3 Å². The quantitative estimate of drug-likeness (QED) is 0.740. The maximum absolute atomic E-state index is 12.6. The Morgan fingerprint density at radius 2 is 1.84 bits per heavy atom. The van der Waals surface area contributed by atoms with E-state index in [1.54, 1.807) is 50.5 Å². The van der Waals surface area contributed by atoms with E-state index in [4.69, 9.17) is 23.2 Å². The molecule has 2 amide bonds. The van der Waals surface area contributed by atoms with Crippen LogP contribution in [-0.2, 0) is 9.59 Å². The second-order valence-corrected chi connectivity index (χ2v) is 7.90. The van der Waals surface area contributed by atoms with Gasteiger partial charge in [0.2, 0.25) is 5.91 Å². The van der Waals surface area contributed by atoms with Crippen molar-refractivity contribution in [3.63, 3.8) is 0 Å². The van der Waals surface area contributed by atoms with Crippen molar-refractivity contribution < 1.29 is 9.59 Å². The summed E-state index contributed by atoms with van der Waals surface area (Å²) >= 11 is 13.6. The predicted octanol–water partition coefficient (Wildman–Crippen LogP) is 4.59. The van der Waals surface area contributed by atoms with E-state index in [0.29, 0.717) is 20.7 Å². The molecule has 0 aliphatic heterocycles. The van der Waals surface area contributed by atoms with Crippen molar-refractivity contribution in [2.75, 3.05) is 5.32 Å². The van der Waals surface area contributed by atoms with E-state index in [-0.39, 0.29) is 11.6 Å². The molecule has 0 bridgehead atoms. The molecular weight excluding hydrogens is 381 g/mol. The molecule has 132 valence electrons. The average molecular weight is 398 g/mol. The standard InChI is InChI=1S/C17H17Cl2N3O2S/c1-17(2,3)15(24)21-13(14(23)22-16-20-7-8-25-16)9-10-11(18)5-4-6-12(10)19/h4-9H,1-3H3,(H,21,24)(H,20,22,23)/b13-9+. The summed E-state index contributed by atoms with van der Waals surface area (Å²) in [6.07, 6.45) is 3.03. The molecule has 0 aliphatic carbocycles. The molecular formula is C17H17Cl2N3O2S. The Kier molecular flexibility index (Phi) is 6.21. The number of benzene rings is 1. The zero-order valence-electron chi connectivity index (χ0n) is 13.9. The highest BCUT2D eigenvalue weighted by Crippen LogP contribution is 2.27. The summed E-state index contributed by atoms with van der Waals surface area (Å²) in [6.45, 7) is 5.25. The van der Waals surface area contributed by atoms with Crippen molar-refractivity contribution in [1.82, 2.24) is 10.3 Å². The molecule has 2 N–H and O–H groups in total. The Labute approximate surface area is 160 Å². The van der Waals surface area contributed by atoms with Crippen LogP contribution in [0.1, 0.15) is 26.3 Å². The van der Waals surface area contributed by atoms with Gasteiger partial charge in [-0.3, -0.25) is 14.9 Å². The monoisotopic (exact) mass is 397 g/mol. The first-order chi connectivity index (χ1) is 11.7. The van der Waals surface area contributed by atoms with Gasteiger partial charge in [-0.15, -0.1) is 11.3 Å². The Morgan fingerprint density at radius 1 is 1.20 bits per heavy atom. The van der Waals surface area contributed by atoms with Crippen molar-refractivity contribution in [3.05, 3.63) is 51.1 Å². The molecule has 1 aromatic carbocycles. The molecule has 1 aromatic heterocycles. The SMILES string of the molecule is CC(C)(C)C(=O)N/C(=C/c1c(Cl)cccc1Cl)C(=O)Nc1nccs1. The maximum atomic E-state index is 12.6. The molecule has 8 heteroatoms. The highest BCUT2D eigenvalue weighted by atomic mass is 35.5. The number of amides is 2. The van der Waals surface area contributed by atoms with Gasteiger partial charge in [-0.25, -0.2) is 4.98 Å². The third-order valence-electron chi connectivity index (χ3n) is 3.12. The summed E-state index contributed by atoms with van der Waals surface area (Å²) in [4.78, 5) is 28.9. The fourth-order valence-electron chi connectivity index (χ4n) is 1.71. The van der Waals surface area contributed by atoms with Gasteiger partial charge in [0.15, 0.2) is 5.13 Å². The lowest BCUT2D eigenvalue weighted by Gasteiger charge is -2.19. The largest absolute Gasteiger partial charge is 0.321 e. The Bertz CT molecular complexity index is 792. The van der Waals surface area contributed by atoms with Crippen LogP contribution >= 0.6 is 34.5 Å². The minimum absolute atomic E-state index is 0.0325. The second kappa shape index (κ2) is 7.99. The number of carbonyl (C=O) groups excluding carboxylic acids is 2. The van der Waals surface area contributed by atoms with Gasteiger partial charge in [0, 0.05) is 32.6 Å². The zero-order chi connectivity index (χ0) is 18.6. The Hall–Kier alpha value is -1.89. The van der Waals surface area contributed by atoms with Gasteiger partial charge in [0.1, 0.15) is 5.70 Å².